The number of carbonyl (C=O) groups is 1. The Morgan fingerprint density at radius 3 is 3.00 bits per heavy atom. The largest absolute Gasteiger partial charge is 0.484 e. The van der Waals surface area contributed by atoms with E-state index in [2.05, 4.69) is 5.32 Å². The third-order valence-corrected chi connectivity index (χ3v) is 3.44. The van der Waals surface area contributed by atoms with E-state index >= 15 is 0 Å². The lowest BCUT2D eigenvalue weighted by atomic mass is 10.2. The van der Waals surface area contributed by atoms with Gasteiger partial charge in [-0.05, 0) is 18.2 Å². The molecule has 1 aliphatic heterocycles. The molecule has 104 valence electrons. The first-order chi connectivity index (χ1) is 9.08. The minimum Gasteiger partial charge on any atom is -0.484 e. The van der Waals surface area contributed by atoms with Crippen LogP contribution in [0.5, 0.6) is 5.75 Å². The molecule has 0 spiro atoms. The minimum atomic E-state index is -0.528. The van der Waals surface area contributed by atoms with E-state index in [-0.39, 0.29) is 18.6 Å². The fourth-order valence-corrected chi connectivity index (χ4v) is 2.22. The Morgan fingerprint density at radius 2 is 2.37 bits per heavy atom. The smallest absolute Gasteiger partial charge is 0.260 e. The monoisotopic (exact) mass is 284 g/mol. The van der Waals surface area contributed by atoms with Crippen molar-refractivity contribution in [3.8, 4) is 5.75 Å². The van der Waals surface area contributed by atoms with Gasteiger partial charge in [0.1, 0.15) is 5.75 Å². The number of carbonyl (C=O) groups excluding carboxylic acids is 1. The number of ether oxygens (including phenoxy) is 1. The molecule has 1 aromatic carbocycles. The van der Waals surface area contributed by atoms with Crippen molar-refractivity contribution in [1.82, 2.24) is 10.2 Å². The Bertz CT molecular complexity index is 455. The Hall–Kier alpha value is -1.30. The predicted octanol–water partition coefficient (Wildman–Crippen LogP) is 0.510. The van der Waals surface area contributed by atoms with Gasteiger partial charge < -0.3 is 20.1 Å². The molecule has 1 saturated heterocycles. The summed E-state index contributed by atoms with van der Waals surface area (Å²) in [4.78, 5) is 13.5. The van der Waals surface area contributed by atoms with Crippen molar-refractivity contribution >= 4 is 17.5 Å². The summed E-state index contributed by atoms with van der Waals surface area (Å²) in [7, 11) is 1.67. The summed E-state index contributed by atoms with van der Waals surface area (Å²) in [5.41, 5.74) is 0. The maximum atomic E-state index is 12.0. The van der Waals surface area contributed by atoms with Crippen LogP contribution in [0.2, 0.25) is 5.02 Å². The molecule has 0 saturated carbocycles. The SMILES string of the molecule is CN(C(=O)COc1cccc(Cl)c1)[C@H]1CNC[C@@H]1O. The van der Waals surface area contributed by atoms with Crippen molar-refractivity contribution in [3.63, 3.8) is 0 Å². The number of halogens is 1. The maximum absolute atomic E-state index is 12.0. The highest BCUT2D eigenvalue weighted by atomic mass is 35.5. The van der Waals surface area contributed by atoms with E-state index < -0.39 is 6.10 Å². The highest BCUT2D eigenvalue weighted by molar-refractivity contribution is 6.30. The molecule has 2 atom stereocenters. The second kappa shape index (κ2) is 6.23. The fourth-order valence-electron chi connectivity index (χ4n) is 2.03. The number of nitrogens with one attached hydrogen (secondary N) is 1. The average molecular weight is 285 g/mol. The van der Waals surface area contributed by atoms with Crippen molar-refractivity contribution in [2.45, 2.75) is 12.1 Å². The lowest BCUT2D eigenvalue weighted by Gasteiger charge is -2.26. The molecule has 1 aromatic rings. The lowest BCUT2D eigenvalue weighted by Crippen LogP contribution is -2.46. The van der Waals surface area contributed by atoms with Gasteiger partial charge in [-0.3, -0.25) is 4.79 Å². The zero-order valence-corrected chi connectivity index (χ0v) is 11.4. The number of hydrogen-bond donors (Lipinski definition) is 2. The van der Waals surface area contributed by atoms with Crippen LogP contribution in [0, 0.1) is 0 Å². The third kappa shape index (κ3) is 3.59. The molecule has 6 heteroatoms. The van der Waals surface area contributed by atoms with E-state index in [0.717, 1.165) is 0 Å². The lowest BCUT2D eigenvalue weighted by molar-refractivity contribution is -0.135. The number of amides is 1. The molecule has 1 heterocycles. The summed E-state index contributed by atoms with van der Waals surface area (Å²) < 4.78 is 5.39. The fraction of sp³-hybridized carbons (Fsp3) is 0.462. The molecular weight excluding hydrogens is 268 g/mol. The molecular formula is C13H17ClN2O3. The van der Waals surface area contributed by atoms with Gasteiger partial charge in [-0.15, -0.1) is 0 Å². The van der Waals surface area contributed by atoms with Gasteiger partial charge in [0.15, 0.2) is 6.61 Å². The molecule has 0 aliphatic carbocycles. The number of rotatable bonds is 4. The van der Waals surface area contributed by atoms with Crippen LogP contribution in [0.15, 0.2) is 24.3 Å². The first kappa shape index (κ1) is 14.1. The van der Waals surface area contributed by atoms with Gasteiger partial charge in [0.25, 0.3) is 5.91 Å². The number of hydrogen-bond acceptors (Lipinski definition) is 4. The van der Waals surface area contributed by atoms with E-state index in [1.807, 2.05) is 0 Å². The van der Waals surface area contributed by atoms with Crippen molar-refractivity contribution < 1.29 is 14.6 Å². The average Bonchev–Trinajstić information content (AvgIpc) is 2.81. The number of nitrogens with zero attached hydrogens (tertiary/aromatic N) is 1. The van der Waals surface area contributed by atoms with Crippen LogP contribution in [0.4, 0.5) is 0 Å². The van der Waals surface area contributed by atoms with E-state index in [1.165, 1.54) is 4.90 Å². The molecule has 1 amide bonds. The van der Waals surface area contributed by atoms with Crippen LogP contribution < -0.4 is 10.1 Å². The van der Waals surface area contributed by atoms with Crippen molar-refractivity contribution in [3.05, 3.63) is 29.3 Å². The van der Waals surface area contributed by atoms with Crippen LogP contribution in [0.25, 0.3) is 0 Å². The number of likely N-dealkylation sites (N-methyl/N-ethyl adjacent to an activating group) is 1. The zero-order chi connectivity index (χ0) is 13.8. The van der Waals surface area contributed by atoms with Crippen LogP contribution in [0.1, 0.15) is 0 Å². The Balaban J connectivity index is 1.87. The van der Waals surface area contributed by atoms with Crippen molar-refractivity contribution in [2.75, 3.05) is 26.7 Å². The number of benzene rings is 1. The predicted molar refractivity (Wildman–Crippen MR) is 72.4 cm³/mol. The van der Waals surface area contributed by atoms with Gasteiger partial charge in [0, 0.05) is 25.2 Å². The van der Waals surface area contributed by atoms with Gasteiger partial charge in [0.2, 0.25) is 0 Å². The standard InChI is InChI=1S/C13H17ClN2O3/c1-16(11-6-15-7-12(11)17)13(18)8-19-10-4-2-3-9(14)5-10/h2-5,11-12,15,17H,6-8H2,1H3/t11-,12-/m0/s1. The highest BCUT2D eigenvalue weighted by Gasteiger charge is 2.31. The summed E-state index contributed by atoms with van der Waals surface area (Å²) in [6, 6.07) is 6.70. The minimum absolute atomic E-state index is 0.0694. The third-order valence-electron chi connectivity index (χ3n) is 3.20. The molecule has 19 heavy (non-hydrogen) atoms. The summed E-state index contributed by atoms with van der Waals surface area (Å²) in [6.07, 6.45) is -0.528. The first-order valence-corrected chi connectivity index (χ1v) is 6.48. The van der Waals surface area contributed by atoms with E-state index in [9.17, 15) is 9.90 Å². The number of aliphatic hydroxyl groups is 1. The van der Waals surface area contributed by atoms with E-state index in [0.29, 0.717) is 23.9 Å². The van der Waals surface area contributed by atoms with Crippen LogP contribution in [-0.2, 0) is 4.79 Å². The normalized spacial score (nSPS) is 22.3. The van der Waals surface area contributed by atoms with Crippen LogP contribution in [0.3, 0.4) is 0 Å². The molecule has 0 bridgehead atoms. The van der Waals surface area contributed by atoms with Crippen LogP contribution >= 0.6 is 11.6 Å². The van der Waals surface area contributed by atoms with Gasteiger partial charge in [-0.25, -0.2) is 0 Å². The summed E-state index contributed by atoms with van der Waals surface area (Å²) >= 11 is 5.83. The van der Waals surface area contributed by atoms with E-state index in [4.69, 9.17) is 16.3 Å². The molecule has 0 radical (unpaired) electrons. The van der Waals surface area contributed by atoms with E-state index in [1.54, 1.807) is 31.3 Å². The summed E-state index contributed by atoms with van der Waals surface area (Å²) in [6.45, 7) is 1.04. The van der Waals surface area contributed by atoms with Crippen molar-refractivity contribution in [2.24, 2.45) is 0 Å². The molecule has 0 unspecified atom stereocenters. The second-order valence-corrected chi connectivity index (χ2v) is 4.98. The molecule has 0 aromatic heterocycles. The van der Waals surface area contributed by atoms with Crippen LogP contribution in [-0.4, -0.2) is 54.8 Å². The number of β-amino-alcohol motifs (C(OH)–C–C–N with tert-alkyl or cyclic N) is 1. The molecule has 2 N–H and O–H groups in total. The maximum Gasteiger partial charge on any atom is 0.260 e. The molecule has 1 aliphatic rings. The van der Waals surface area contributed by atoms with Gasteiger partial charge in [0.05, 0.1) is 12.1 Å². The topological polar surface area (TPSA) is 61.8 Å². The molecule has 1 fully saturated rings. The van der Waals surface area contributed by atoms with Crippen molar-refractivity contribution in [1.29, 1.82) is 0 Å². The Kier molecular flexibility index (Phi) is 4.63. The summed E-state index contributed by atoms with van der Waals surface area (Å²) in [5.74, 6) is 0.382. The second-order valence-electron chi connectivity index (χ2n) is 4.54. The first-order valence-electron chi connectivity index (χ1n) is 6.10. The Labute approximate surface area is 117 Å². The number of aliphatic hydroxyl groups excluding tert-OH is 1. The molecule has 2 rings (SSSR count). The summed E-state index contributed by atoms with van der Waals surface area (Å²) in [5, 5.41) is 13.3. The highest BCUT2D eigenvalue weighted by Crippen LogP contribution is 2.17. The van der Waals surface area contributed by atoms with Gasteiger partial charge in [-0.1, -0.05) is 17.7 Å². The van der Waals surface area contributed by atoms with Gasteiger partial charge >= 0.3 is 0 Å². The Morgan fingerprint density at radius 1 is 1.58 bits per heavy atom. The molecule has 5 nitrogen and oxygen atoms in total. The quantitative estimate of drug-likeness (QED) is 0.846. The van der Waals surface area contributed by atoms with Gasteiger partial charge in [-0.2, -0.15) is 0 Å². The zero-order valence-electron chi connectivity index (χ0n) is 10.7.